The highest BCUT2D eigenvalue weighted by Crippen LogP contribution is 2.39. The Morgan fingerprint density at radius 2 is 0.600 bits per heavy atom. The molecule has 1 rings (SSSR count). The van der Waals surface area contributed by atoms with Gasteiger partial charge in [0.05, 0.1) is 16.8 Å². The van der Waals surface area contributed by atoms with Crippen LogP contribution < -0.4 is 0 Å². The number of benzene rings is 1. The van der Waals surface area contributed by atoms with Crippen LogP contribution in [-0.2, 0) is 30.1 Å². The van der Waals surface area contributed by atoms with E-state index in [0.717, 1.165) is 0 Å². The van der Waals surface area contributed by atoms with E-state index >= 15 is 0 Å². The molecule has 0 saturated carbocycles. The predicted molar refractivity (Wildman–Crippen MR) is 139 cm³/mol. The molecule has 0 radical (unpaired) electrons. The monoisotopic (exact) mass is 468 g/mol. The molecule has 0 amide bonds. The van der Waals surface area contributed by atoms with Crippen molar-refractivity contribution in [2.75, 3.05) is 0 Å². The fraction of sp³-hybridized carbons (Fsp3) is 0.750. The first-order valence-electron chi connectivity index (χ1n) is 11.2. The second-order valence-corrected chi connectivity index (χ2v) is 26.3. The molecule has 0 aliphatic rings. The smallest absolute Gasteiger partial charge is 0.184 e. The van der Waals surface area contributed by atoms with Crippen LogP contribution in [0.15, 0.2) is 18.2 Å². The Labute approximate surface area is 190 Å². The summed E-state index contributed by atoms with van der Waals surface area (Å²) < 4.78 is 19.9. The Morgan fingerprint density at radius 3 is 0.733 bits per heavy atom. The third-order valence-corrected chi connectivity index (χ3v) is 8.07. The summed E-state index contributed by atoms with van der Waals surface area (Å²) in [5.41, 5.74) is 2.45. The molecule has 0 spiro atoms. The molecule has 1 aromatic carbocycles. The van der Waals surface area contributed by atoms with E-state index in [0.29, 0.717) is 0 Å². The van der Waals surface area contributed by atoms with Gasteiger partial charge in [-0.05, 0) is 117 Å². The molecule has 1 aromatic rings. The van der Waals surface area contributed by atoms with E-state index in [1.807, 2.05) is 0 Å². The maximum atomic E-state index is 6.62. The van der Waals surface area contributed by atoms with Gasteiger partial charge in [-0.15, -0.1) is 0 Å². The standard InChI is InChI=1S/C24H48O3Si3/c1-22(2,25-28(7,8)9)19-16-20(23(3,4)26-29(10,11)12)18-21(17-19)24(5,6)27-30(13,14)15/h16-18H,1-15H3. The second-order valence-electron chi connectivity index (χ2n) is 13.0. The maximum absolute atomic E-state index is 6.62. The first-order valence-corrected chi connectivity index (χ1v) is 21.4. The molecule has 0 aliphatic carbocycles. The summed E-state index contributed by atoms with van der Waals surface area (Å²) in [6.45, 7) is 33.3. The van der Waals surface area contributed by atoms with E-state index in [9.17, 15) is 0 Å². The van der Waals surface area contributed by atoms with Gasteiger partial charge in [-0.3, -0.25) is 0 Å². The summed E-state index contributed by atoms with van der Waals surface area (Å²) in [6, 6.07) is 6.86. The van der Waals surface area contributed by atoms with Crippen molar-refractivity contribution >= 4 is 25.0 Å². The number of hydrogen-bond acceptors (Lipinski definition) is 3. The summed E-state index contributed by atoms with van der Waals surface area (Å²) in [7, 11) is -5.18. The maximum Gasteiger partial charge on any atom is 0.184 e. The molecule has 0 unspecified atom stereocenters. The molecular formula is C24H48O3Si3. The molecule has 174 valence electrons. The molecule has 0 N–H and O–H groups in total. The van der Waals surface area contributed by atoms with Crippen LogP contribution in [0.25, 0.3) is 0 Å². The zero-order valence-corrected chi connectivity index (χ0v) is 25.5. The highest BCUT2D eigenvalue weighted by atomic mass is 28.4. The molecule has 0 bridgehead atoms. The normalized spacial score (nSPS) is 14.9. The average Bonchev–Trinajstić information content (AvgIpc) is 2.39. The van der Waals surface area contributed by atoms with Crippen molar-refractivity contribution in [3.05, 3.63) is 34.9 Å². The fourth-order valence-corrected chi connectivity index (χ4v) is 9.09. The van der Waals surface area contributed by atoms with Crippen LogP contribution in [-0.4, -0.2) is 25.0 Å². The average molecular weight is 469 g/mol. The van der Waals surface area contributed by atoms with Crippen molar-refractivity contribution in [1.82, 2.24) is 0 Å². The Balaban J connectivity index is 3.68. The predicted octanol–water partition coefficient (Wildman–Crippen LogP) is 7.95. The van der Waals surface area contributed by atoms with Gasteiger partial charge in [-0.25, -0.2) is 0 Å². The summed E-state index contributed by atoms with van der Waals surface area (Å²) >= 11 is 0. The van der Waals surface area contributed by atoms with Gasteiger partial charge in [-0.1, -0.05) is 18.2 Å². The van der Waals surface area contributed by atoms with Crippen molar-refractivity contribution in [2.45, 2.75) is 117 Å². The fourth-order valence-electron chi connectivity index (χ4n) is 4.14. The molecule has 0 aliphatic heterocycles. The van der Waals surface area contributed by atoms with E-state index in [1.165, 1.54) is 16.7 Å². The van der Waals surface area contributed by atoms with Crippen molar-refractivity contribution in [1.29, 1.82) is 0 Å². The molecule has 3 nitrogen and oxygen atoms in total. The molecule has 6 heteroatoms. The van der Waals surface area contributed by atoms with E-state index in [1.54, 1.807) is 0 Å². The van der Waals surface area contributed by atoms with E-state index < -0.39 is 25.0 Å². The Bertz CT molecular complexity index is 621. The summed E-state index contributed by atoms with van der Waals surface area (Å²) in [5.74, 6) is 0. The van der Waals surface area contributed by atoms with Crippen molar-refractivity contribution < 1.29 is 13.3 Å². The minimum Gasteiger partial charge on any atom is -0.409 e. The van der Waals surface area contributed by atoms with Crippen LogP contribution in [0.4, 0.5) is 0 Å². The van der Waals surface area contributed by atoms with Gasteiger partial charge in [0.15, 0.2) is 25.0 Å². The molecule has 0 fully saturated rings. The van der Waals surface area contributed by atoms with Gasteiger partial charge >= 0.3 is 0 Å². The lowest BCUT2D eigenvalue weighted by Crippen LogP contribution is -2.40. The second kappa shape index (κ2) is 8.60. The SMILES string of the molecule is CC(C)(O[Si](C)(C)C)c1cc(C(C)(C)O[Si](C)(C)C)cc(C(C)(C)O[Si](C)(C)C)c1. The van der Waals surface area contributed by atoms with Crippen LogP contribution in [0.2, 0.25) is 58.9 Å². The van der Waals surface area contributed by atoms with Crippen LogP contribution in [0.1, 0.15) is 58.2 Å². The Kier molecular flexibility index (Phi) is 7.96. The zero-order chi connectivity index (χ0) is 24.0. The van der Waals surface area contributed by atoms with Gasteiger partial charge in [0, 0.05) is 0 Å². The van der Waals surface area contributed by atoms with Gasteiger partial charge in [-0.2, -0.15) is 0 Å². The molecule has 0 heterocycles. The minimum absolute atomic E-state index is 0.375. The van der Waals surface area contributed by atoms with Crippen LogP contribution >= 0.6 is 0 Å². The third-order valence-electron chi connectivity index (χ3n) is 4.70. The van der Waals surface area contributed by atoms with Crippen LogP contribution in [0, 0.1) is 0 Å². The minimum atomic E-state index is -1.73. The molecule has 0 atom stereocenters. The van der Waals surface area contributed by atoms with Gasteiger partial charge in [0.1, 0.15) is 0 Å². The van der Waals surface area contributed by atoms with Crippen LogP contribution in [0.3, 0.4) is 0 Å². The Morgan fingerprint density at radius 1 is 0.433 bits per heavy atom. The number of rotatable bonds is 9. The lowest BCUT2D eigenvalue weighted by molar-refractivity contribution is 0.0863. The number of hydrogen-bond donors (Lipinski definition) is 0. The molecule has 0 aromatic heterocycles. The van der Waals surface area contributed by atoms with Crippen molar-refractivity contribution in [3.63, 3.8) is 0 Å². The van der Waals surface area contributed by atoms with Crippen LogP contribution in [0.5, 0.6) is 0 Å². The lowest BCUT2D eigenvalue weighted by atomic mass is 9.85. The topological polar surface area (TPSA) is 27.7 Å². The highest BCUT2D eigenvalue weighted by Gasteiger charge is 2.36. The summed E-state index contributed by atoms with van der Waals surface area (Å²) in [4.78, 5) is 0. The van der Waals surface area contributed by atoms with Crippen molar-refractivity contribution in [3.8, 4) is 0 Å². The third kappa shape index (κ3) is 8.71. The van der Waals surface area contributed by atoms with E-state index in [2.05, 4.69) is 119 Å². The largest absolute Gasteiger partial charge is 0.409 e. The Hall–Kier alpha value is -0.249. The first kappa shape index (κ1) is 27.8. The summed E-state index contributed by atoms with van der Waals surface area (Å²) in [5, 5.41) is 0. The first-order chi connectivity index (χ1) is 12.9. The van der Waals surface area contributed by atoms with E-state index in [-0.39, 0.29) is 16.8 Å². The lowest BCUT2D eigenvalue weighted by Gasteiger charge is -2.39. The summed E-state index contributed by atoms with van der Waals surface area (Å²) in [6.07, 6.45) is 0. The van der Waals surface area contributed by atoms with Gasteiger partial charge in [0.25, 0.3) is 0 Å². The molecule has 0 saturated heterocycles. The van der Waals surface area contributed by atoms with E-state index in [4.69, 9.17) is 13.3 Å². The van der Waals surface area contributed by atoms with Gasteiger partial charge in [0.2, 0.25) is 0 Å². The van der Waals surface area contributed by atoms with Crippen molar-refractivity contribution in [2.24, 2.45) is 0 Å². The van der Waals surface area contributed by atoms with Gasteiger partial charge < -0.3 is 13.3 Å². The molecule has 30 heavy (non-hydrogen) atoms. The zero-order valence-electron chi connectivity index (χ0n) is 22.5. The molecular weight excluding hydrogens is 421 g/mol. The highest BCUT2D eigenvalue weighted by molar-refractivity contribution is 6.70. The quantitative estimate of drug-likeness (QED) is 0.344.